The van der Waals surface area contributed by atoms with Crippen molar-refractivity contribution in [3.63, 3.8) is 0 Å². The molecule has 1 saturated carbocycles. The third-order valence-corrected chi connectivity index (χ3v) is 4.04. The van der Waals surface area contributed by atoms with Crippen molar-refractivity contribution in [2.24, 2.45) is 0 Å². The molecule has 2 nitrogen and oxygen atoms in total. The number of rotatable bonds is 2. The quantitative estimate of drug-likeness (QED) is 0.782. The zero-order valence-electron chi connectivity index (χ0n) is 10.9. The number of ketones is 1. The van der Waals surface area contributed by atoms with Gasteiger partial charge in [-0.25, -0.2) is 0 Å². The molecule has 2 heteroatoms. The number of hydrogen-bond acceptors (Lipinski definition) is 2. The van der Waals surface area contributed by atoms with Crippen molar-refractivity contribution in [1.29, 1.82) is 0 Å². The van der Waals surface area contributed by atoms with Gasteiger partial charge in [-0.15, -0.1) is 0 Å². The molecule has 0 unspecified atom stereocenters. The van der Waals surface area contributed by atoms with Gasteiger partial charge in [0.15, 0.2) is 0 Å². The summed E-state index contributed by atoms with van der Waals surface area (Å²) >= 11 is 0. The van der Waals surface area contributed by atoms with Crippen LogP contribution in [0.2, 0.25) is 0 Å². The summed E-state index contributed by atoms with van der Waals surface area (Å²) in [6.07, 6.45) is 2.90. The Morgan fingerprint density at radius 1 is 1.12 bits per heavy atom. The Kier molecular flexibility index (Phi) is 3.34. The SMILES string of the molecule is COC1(c2ccc(C)c(C)c2)CCC(=O)CC1. The van der Waals surface area contributed by atoms with Crippen molar-refractivity contribution in [1.82, 2.24) is 0 Å². The second kappa shape index (κ2) is 4.61. The van der Waals surface area contributed by atoms with Gasteiger partial charge in [0.05, 0.1) is 5.60 Å². The average Bonchev–Trinajstić information content (AvgIpc) is 2.34. The van der Waals surface area contributed by atoms with Crippen LogP contribution in [0, 0.1) is 13.8 Å². The molecular weight excluding hydrogens is 212 g/mol. The summed E-state index contributed by atoms with van der Waals surface area (Å²) in [7, 11) is 1.75. The van der Waals surface area contributed by atoms with Crippen molar-refractivity contribution in [2.75, 3.05) is 7.11 Å². The van der Waals surface area contributed by atoms with Crippen molar-refractivity contribution in [3.05, 3.63) is 34.9 Å². The molecule has 0 bridgehead atoms. The lowest BCUT2D eigenvalue weighted by atomic mass is 9.78. The Morgan fingerprint density at radius 3 is 2.29 bits per heavy atom. The number of carbonyl (C=O) groups is 1. The number of ether oxygens (including phenoxy) is 1. The van der Waals surface area contributed by atoms with Gasteiger partial charge in [-0.3, -0.25) is 4.79 Å². The van der Waals surface area contributed by atoms with Gasteiger partial charge in [-0.1, -0.05) is 18.2 Å². The smallest absolute Gasteiger partial charge is 0.133 e. The number of hydrogen-bond donors (Lipinski definition) is 0. The monoisotopic (exact) mass is 232 g/mol. The molecule has 0 radical (unpaired) electrons. The second-order valence-electron chi connectivity index (χ2n) is 5.04. The van der Waals surface area contributed by atoms with Crippen LogP contribution >= 0.6 is 0 Å². The molecule has 1 aliphatic rings. The summed E-state index contributed by atoms with van der Waals surface area (Å²) in [5, 5.41) is 0. The van der Waals surface area contributed by atoms with Crippen LogP contribution in [0.4, 0.5) is 0 Å². The van der Waals surface area contributed by atoms with E-state index in [4.69, 9.17) is 4.74 Å². The van der Waals surface area contributed by atoms with E-state index in [0.717, 1.165) is 12.8 Å². The van der Waals surface area contributed by atoms with Crippen molar-refractivity contribution in [2.45, 2.75) is 45.1 Å². The first kappa shape index (κ1) is 12.3. The van der Waals surface area contributed by atoms with E-state index < -0.39 is 0 Å². The normalized spacial score (nSPS) is 19.4. The van der Waals surface area contributed by atoms with Gasteiger partial charge < -0.3 is 4.74 Å². The maximum Gasteiger partial charge on any atom is 0.133 e. The van der Waals surface area contributed by atoms with E-state index >= 15 is 0 Å². The van der Waals surface area contributed by atoms with Gasteiger partial charge in [-0.05, 0) is 43.4 Å². The van der Waals surface area contributed by atoms with E-state index in [1.807, 2.05) is 0 Å². The largest absolute Gasteiger partial charge is 0.374 e. The number of Topliss-reactive ketones (excluding diaryl/α,β-unsaturated/α-hetero) is 1. The third kappa shape index (κ3) is 2.27. The minimum Gasteiger partial charge on any atom is -0.374 e. The molecule has 0 aliphatic heterocycles. The minimum absolute atomic E-state index is 0.244. The van der Waals surface area contributed by atoms with Gasteiger partial charge in [-0.2, -0.15) is 0 Å². The Balaban J connectivity index is 2.34. The molecule has 1 aliphatic carbocycles. The lowest BCUT2D eigenvalue weighted by Gasteiger charge is -2.36. The van der Waals surface area contributed by atoms with E-state index in [1.165, 1.54) is 16.7 Å². The van der Waals surface area contributed by atoms with E-state index in [1.54, 1.807) is 7.11 Å². The molecule has 0 N–H and O–H groups in total. The molecule has 1 aromatic carbocycles. The van der Waals surface area contributed by atoms with Crippen LogP contribution in [0.5, 0.6) is 0 Å². The Hall–Kier alpha value is -1.15. The molecule has 0 amide bonds. The van der Waals surface area contributed by atoms with Crippen molar-refractivity contribution in [3.8, 4) is 0 Å². The van der Waals surface area contributed by atoms with Crippen LogP contribution in [0.15, 0.2) is 18.2 Å². The molecule has 0 atom stereocenters. The third-order valence-electron chi connectivity index (χ3n) is 4.04. The molecule has 1 fully saturated rings. The fraction of sp³-hybridized carbons (Fsp3) is 0.533. The lowest BCUT2D eigenvalue weighted by Crippen LogP contribution is -2.33. The summed E-state index contributed by atoms with van der Waals surface area (Å²) in [6.45, 7) is 4.24. The summed E-state index contributed by atoms with van der Waals surface area (Å²) in [5.74, 6) is 0.363. The second-order valence-corrected chi connectivity index (χ2v) is 5.04. The molecule has 2 rings (SSSR count). The first-order valence-corrected chi connectivity index (χ1v) is 6.22. The highest BCUT2D eigenvalue weighted by Crippen LogP contribution is 2.39. The zero-order chi connectivity index (χ0) is 12.5. The van der Waals surface area contributed by atoms with Crippen LogP contribution in [-0.2, 0) is 15.1 Å². The van der Waals surface area contributed by atoms with Crippen LogP contribution in [-0.4, -0.2) is 12.9 Å². The maximum atomic E-state index is 11.4. The topological polar surface area (TPSA) is 26.3 Å². The van der Waals surface area contributed by atoms with Gasteiger partial charge in [0.2, 0.25) is 0 Å². The maximum absolute atomic E-state index is 11.4. The van der Waals surface area contributed by atoms with Gasteiger partial charge >= 0.3 is 0 Å². The van der Waals surface area contributed by atoms with E-state index in [0.29, 0.717) is 18.6 Å². The summed E-state index contributed by atoms with van der Waals surface area (Å²) in [6, 6.07) is 6.48. The number of carbonyl (C=O) groups excluding carboxylic acids is 1. The summed E-state index contributed by atoms with van der Waals surface area (Å²) < 4.78 is 5.76. The fourth-order valence-electron chi connectivity index (χ4n) is 2.57. The Labute approximate surface area is 103 Å². The van der Waals surface area contributed by atoms with E-state index in [2.05, 4.69) is 32.0 Å². The van der Waals surface area contributed by atoms with Crippen LogP contribution in [0.1, 0.15) is 42.4 Å². The Bertz CT molecular complexity index is 425. The highest BCUT2D eigenvalue weighted by atomic mass is 16.5. The summed E-state index contributed by atoms with van der Waals surface area (Å²) in [4.78, 5) is 11.4. The Morgan fingerprint density at radius 2 is 1.76 bits per heavy atom. The van der Waals surface area contributed by atoms with Gasteiger partial charge in [0.25, 0.3) is 0 Å². The minimum atomic E-state index is -0.244. The first-order chi connectivity index (χ1) is 8.07. The van der Waals surface area contributed by atoms with Crippen LogP contribution in [0.25, 0.3) is 0 Å². The van der Waals surface area contributed by atoms with Gasteiger partial charge in [0.1, 0.15) is 5.78 Å². The molecule has 0 spiro atoms. The fourth-order valence-corrected chi connectivity index (χ4v) is 2.57. The zero-order valence-corrected chi connectivity index (χ0v) is 10.9. The number of benzene rings is 1. The number of aryl methyl sites for hydroxylation is 2. The highest BCUT2D eigenvalue weighted by molar-refractivity contribution is 5.79. The molecule has 0 heterocycles. The predicted octanol–water partition coefficient (Wildman–Crippen LogP) is 3.29. The molecule has 17 heavy (non-hydrogen) atoms. The molecule has 92 valence electrons. The standard InChI is InChI=1S/C15H20O2/c1-11-4-5-13(10-12(11)2)15(17-3)8-6-14(16)7-9-15/h4-5,10H,6-9H2,1-3H3. The van der Waals surface area contributed by atoms with Gasteiger partial charge in [0, 0.05) is 20.0 Å². The number of methoxy groups -OCH3 is 1. The summed E-state index contributed by atoms with van der Waals surface area (Å²) in [5.41, 5.74) is 3.56. The highest BCUT2D eigenvalue weighted by Gasteiger charge is 2.36. The van der Waals surface area contributed by atoms with Crippen molar-refractivity contribution < 1.29 is 9.53 Å². The molecular formula is C15H20O2. The van der Waals surface area contributed by atoms with Crippen molar-refractivity contribution >= 4 is 5.78 Å². The van der Waals surface area contributed by atoms with E-state index in [-0.39, 0.29) is 5.60 Å². The van der Waals surface area contributed by atoms with E-state index in [9.17, 15) is 4.79 Å². The van der Waals surface area contributed by atoms with Crippen LogP contribution < -0.4 is 0 Å². The van der Waals surface area contributed by atoms with Crippen LogP contribution in [0.3, 0.4) is 0 Å². The molecule has 0 aromatic heterocycles. The predicted molar refractivity (Wildman–Crippen MR) is 68.1 cm³/mol. The molecule has 0 saturated heterocycles. The average molecular weight is 232 g/mol. The first-order valence-electron chi connectivity index (χ1n) is 6.22. The molecule has 1 aromatic rings. The lowest BCUT2D eigenvalue weighted by molar-refractivity contribution is -0.127.